The number of halogens is 1. The van der Waals surface area contributed by atoms with E-state index >= 15 is 0 Å². The van der Waals surface area contributed by atoms with E-state index in [9.17, 15) is 0 Å². The number of rotatable bonds is 6. The fourth-order valence-electron chi connectivity index (χ4n) is 0.518. The SMILES string of the molecule is CCCC.CCOC(C)OCC.O=CCBr. The molecule has 0 aliphatic heterocycles. The fourth-order valence-corrected chi connectivity index (χ4v) is 0.518. The Morgan fingerprint density at radius 1 is 1.06 bits per heavy atom. The number of unbranched alkanes of at least 4 members (excludes halogenated alkanes) is 1. The lowest BCUT2D eigenvalue weighted by molar-refractivity contribution is -0.123. The molecule has 0 saturated carbocycles. The summed E-state index contributed by atoms with van der Waals surface area (Å²) in [5.74, 6) is 0. The number of hydrogen-bond donors (Lipinski definition) is 0. The number of ether oxygens (including phenoxy) is 2. The van der Waals surface area contributed by atoms with Crippen LogP contribution in [0.15, 0.2) is 0 Å². The molecule has 0 atom stereocenters. The Balaban J connectivity index is -0.000000179. The third-order valence-corrected chi connectivity index (χ3v) is 1.63. The van der Waals surface area contributed by atoms with Gasteiger partial charge in [-0.25, -0.2) is 0 Å². The van der Waals surface area contributed by atoms with Crippen LogP contribution < -0.4 is 0 Å². The maximum absolute atomic E-state index is 9.13. The molecule has 0 aliphatic carbocycles. The van der Waals surface area contributed by atoms with Gasteiger partial charge in [0, 0.05) is 13.2 Å². The zero-order chi connectivity index (χ0) is 13.2. The monoisotopic (exact) mass is 298 g/mol. The topological polar surface area (TPSA) is 35.5 Å². The summed E-state index contributed by atoms with van der Waals surface area (Å²) in [6.07, 6.45) is 3.39. The molecule has 0 saturated heterocycles. The zero-order valence-corrected chi connectivity index (χ0v) is 12.9. The van der Waals surface area contributed by atoms with E-state index < -0.39 is 0 Å². The minimum Gasteiger partial charge on any atom is -0.353 e. The second-order valence-corrected chi connectivity index (χ2v) is 3.45. The molecule has 3 nitrogen and oxygen atoms in total. The molecule has 0 amide bonds. The lowest BCUT2D eigenvalue weighted by Crippen LogP contribution is -2.11. The molecular formula is C12H27BrO3. The van der Waals surface area contributed by atoms with Crippen LogP contribution in [0.25, 0.3) is 0 Å². The van der Waals surface area contributed by atoms with Gasteiger partial charge < -0.3 is 14.3 Å². The quantitative estimate of drug-likeness (QED) is 0.425. The van der Waals surface area contributed by atoms with Gasteiger partial charge in [0.05, 0.1) is 5.33 Å². The third kappa shape index (κ3) is 36.9. The van der Waals surface area contributed by atoms with Crippen LogP contribution in [0.2, 0.25) is 0 Å². The van der Waals surface area contributed by atoms with Gasteiger partial charge in [0.1, 0.15) is 6.29 Å². The molecule has 0 spiro atoms. The van der Waals surface area contributed by atoms with E-state index in [0.717, 1.165) is 19.5 Å². The maximum Gasteiger partial charge on any atom is 0.154 e. The molecule has 16 heavy (non-hydrogen) atoms. The molecule has 0 aliphatic rings. The van der Waals surface area contributed by atoms with Crippen LogP contribution >= 0.6 is 15.9 Å². The largest absolute Gasteiger partial charge is 0.353 e. The zero-order valence-electron chi connectivity index (χ0n) is 11.3. The van der Waals surface area contributed by atoms with Gasteiger partial charge >= 0.3 is 0 Å². The summed E-state index contributed by atoms with van der Waals surface area (Å²) in [7, 11) is 0. The minimum atomic E-state index is -0.0370. The van der Waals surface area contributed by atoms with Gasteiger partial charge in [0.25, 0.3) is 0 Å². The number of carbonyl (C=O) groups excluding carboxylic acids is 1. The van der Waals surface area contributed by atoms with Crippen molar-refractivity contribution in [2.24, 2.45) is 0 Å². The van der Waals surface area contributed by atoms with Crippen LogP contribution in [0.4, 0.5) is 0 Å². The number of carbonyl (C=O) groups is 1. The van der Waals surface area contributed by atoms with Gasteiger partial charge in [-0.05, 0) is 20.8 Å². The van der Waals surface area contributed by atoms with E-state index in [1.807, 2.05) is 20.8 Å². The first-order chi connectivity index (χ1) is 7.64. The van der Waals surface area contributed by atoms with E-state index in [-0.39, 0.29) is 6.29 Å². The first-order valence-electron chi connectivity index (χ1n) is 5.87. The summed E-state index contributed by atoms with van der Waals surface area (Å²) in [6.45, 7) is 11.6. The summed E-state index contributed by atoms with van der Waals surface area (Å²) in [5.41, 5.74) is 0. The van der Waals surface area contributed by atoms with Crippen molar-refractivity contribution in [3.63, 3.8) is 0 Å². The van der Waals surface area contributed by atoms with Gasteiger partial charge in [-0.15, -0.1) is 0 Å². The van der Waals surface area contributed by atoms with Crippen molar-refractivity contribution in [2.75, 3.05) is 18.5 Å². The summed E-state index contributed by atoms with van der Waals surface area (Å²) in [5, 5.41) is 0.451. The van der Waals surface area contributed by atoms with Crippen molar-refractivity contribution in [3.05, 3.63) is 0 Å². The van der Waals surface area contributed by atoms with E-state index in [4.69, 9.17) is 14.3 Å². The second-order valence-electron chi connectivity index (χ2n) is 2.80. The van der Waals surface area contributed by atoms with E-state index in [1.165, 1.54) is 12.8 Å². The van der Waals surface area contributed by atoms with E-state index in [1.54, 1.807) is 0 Å². The molecule has 0 aromatic heterocycles. The van der Waals surface area contributed by atoms with Crippen molar-refractivity contribution in [3.8, 4) is 0 Å². The van der Waals surface area contributed by atoms with Gasteiger partial charge in [-0.1, -0.05) is 42.6 Å². The van der Waals surface area contributed by atoms with Gasteiger partial charge in [0.15, 0.2) is 6.29 Å². The van der Waals surface area contributed by atoms with Crippen molar-refractivity contribution in [2.45, 2.75) is 53.8 Å². The van der Waals surface area contributed by atoms with Crippen LogP contribution in [-0.2, 0) is 14.3 Å². The Kier molecular flexibility index (Phi) is 32.5. The first-order valence-corrected chi connectivity index (χ1v) is 6.99. The Morgan fingerprint density at radius 2 is 1.38 bits per heavy atom. The van der Waals surface area contributed by atoms with Crippen LogP contribution in [0.1, 0.15) is 47.5 Å². The van der Waals surface area contributed by atoms with E-state index in [2.05, 4.69) is 29.8 Å². The standard InChI is InChI=1S/C6H14O2.C4H10.C2H3BrO/c1-4-7-6(3)8-5-2;1-3-4-2;3-1-2-4/h6H,4-5H2,1-3H3;3-4H2,1-2H3;2H,1H2. The van der Waals surface area contributed by atoms with Crippen LogP contribution in [0, 0.1) is 0 Å². The lowest BCUT2D eigenvalue weighted by atomic mass is 10.4. The molecule has 100 valence electrons. The maximum atomic E-state index is 9.13. The van der Waals surface area contributed by atoms with Gasteiger partial charge in [0.2, 0.25) is 0 Å². The predicted octanol–water partition coefficient (Wildman–Crippen LogP) is 3.79. The van der Waals surface area contributed by atoms with E-state index in [0.29, 0.717) is 5.33 Å². The highest BCUT2D eigenvalue weighted by Gasteiger charge is 1.94. The van der Waals surface area contributed by atoms with Crippen LogP contribution in [0.3, 0.4) is 0 Å². The number of aldehydes is 1. The first kappa shape index (κ1) is 21.4. The van der Waals surface area contributed by atoms with Gasteiger partial charge in [-0.3, -0.25) is 0 Å². The average molecular weight is 299 g/mol. The molecule has 0 fully saturated rings. The Bertz CT molecular complexity index is 102. The Labute approximate surface area is 109 Å². The van der Waals surface area contributed by atoms with Crippen molar-refractivity contribution in [1.82, 2.24) is 0 Å². The van der Waals surface area contributed by atoms with Crippen molar-refractivity contribution >= 4 is 22.2 Å². The van der Waals surface area contributed by atoms with Crippen molar-refractivity contribution in [1.29, 1.82) is 0 Å². The predicted molar refractivity (Wildman–Crippen MR) is 73.2 cm³/mol. The summed E-state index contributed by atoms with van der Waals surface area (Å²) >= 11 is 2.88. The van der Waals surface area contributed by atoms with Gasteiger partial charge in [-0.2, -0.15) is 0 Å². The van der Waals surface area contributed by atoms with Crippen molar-refractivity contribution < 1.29 is 14.3 Å². The molecule has 0 rings (SSSR count). The second kappa shape index (κ2) is 24.3. The molecule has 0 aromatic carbocycles. The molecular weight excluding hydrogens is 272 g/mol. The molecule has 0 aromatic rings. The summed E-state index contributed by atoms with van der Waals surface area (Å²) in [6, 6.07) is 0. The number of alkyl halides is 1. The molecule has 0 unspecified atom stereocenters. The molecule has 0 bridgehead atoms. The lowest BCUT2D eigenvalue weighted by Gasteiger charge is -2.09. The number of hydrogen-bond acceptors (Lipinski definition) is 3. The summed E-state index contributed by atoms with van der Waals surface area (Å²) < 4.78 is 10.1. The minimum absolute atomic E-state index is 0.0370. The highest BCUT2D eigenvalue weighted by molar-refractivity contribution is 9.09. The normalized spacial score (nSPS) is 8.69. The van der Waals surface area contributed by atoms with Crippen LogP contribution in [0.5, 0.6) is 0 Å². The highest BCUT2D eigenvalue weighted by atomic mass is 79.9. The smallest absolute Gasteiger partial charge is 0.154 e. The molecule has 4 heteroatoms. The van der Waals surface area contributed by atoms with Crippen LogP contribution in [-0.4, -0.2) is 31.1 Å². The Hall–Kier alpha value is 0.0700. The molecule has 0 radical (unpaired) electrons. The Morgan fingerprint density at radius 3 is 1.50 bits per heavy atom. The summed E-state index contributed by atoms with van der Waals surface area (Å²) in [4.78, 5) is 9.13. The third-order valence-electron chi connectivity index (χ3n) is 1.37. The molecule has 0 heterocycles. The molecule has 0 N–H and O–H groups in total. The fraction of sp³-hybridized carbons (Fsp3) is 0.917. The highest BCUT2D eigenvalue weighted by Crippen LogP contribution is 1.90. The average Bonchev–Trinajstić information content (AvgIpc) is 2.30.